The molecule has 0 aliphatic rings. The minimum Gasteiger partial charge on any atom is -0.492 e. The Morgan fingerprint density at radius 1 is 1.16 bits per heavy atom. The first-order valence-corrected chi connectivity index (χ1v) is 9.61. The maximum Gasteiger partial charge on any atom is 0.261 e. The van der Waals surface area contributed by atoms with E-state index in [0.29, 0.717) is 34.5 Å². The molecule has 1 N–H and O–H groups in total. The van der Waals surface area contributed by atoms with Crippen molar-refractivity contribution in [1.82, 2.24) is 0 Å². The minimum atomic E-state index is -3.77. The molecule has 0 saturated heterocycles. The Balaban J connectivity index is 2.17. The Bertz CT molecular complexity index is 861. The van der Waals surface area contributed by atoms with Crippen LogP contribution in [0.3, 0.4) is 0 Å². The first-order chi connectivity index (χ1) is 11.7. The van der Waals surface area contributed by atoms with Crippen molar-refractivity contribution < 1.29 is 17.9 Å². The van der Waals surface area contributed by atoms with E-state index < -0.39 is 10.0 Å². The highest BCUT2D eigenvalue weighted by Crippen LogP contribution is 2.29. The summed E-state index contributed by atoms with van der Waals surface area (Å²) < 4.78 is 32.9. The molecule has 0 heterocycles. The third-order valence-electron chi connectivity index (χ3n) is 3.33. The summed E-state index contributed by atoms with van der Waals surface area (Å²) in [6.45, 7) is 5.99. The molecule has 0 saturated carbocycles. The van der Waals surface area contributed by atoms with Gasteiger partial charge in [0.05, 0.1) is 22.2 Å². The van der Waals surface area contributed by atoms with E-state index in [1.54, 1.807) is 12.1 Å². The molecular weight excluding hydrogens is 362 g/mol. The minimum absolute atomic E-state index is 0.0637. The van der Waals surface area contributed by atoms with Gasteiger partial charge in [-0.1, -0.05) is 37.6 Å². The Kier molecular flexibility index (Phi) is 6.08. The van der Waals surface area contributed by atoms with Crippen LogP contribution in [0, 0.1) is 5.92 Å². The van der Waals surface area contributed by atoms with Crippen LogP contribution in [0.15, 0.2) is 47.4 Å². The zero-order chi connectivity index (χ0) is 18.6. The highest BCUT2D eigenvalue weighted by molar-refractivity contribution is 7.92. The highest BCUT2D eigenvalue weighted by Gasteiger charge is 2.15. The lowest BCUT2D eigenvalue weighted by Gasteiger charge is -2.12. The lowest BCUT2D eigenvalue weighted by molar-refractivity contribution is 0.101. The molecule has 0 amide bonds. The molecule has 5 nitrogen and oxygen atoms in total. The number of rotatable bonds is 7. The van der Waals surface area contributed by atoms with E-state index in [-0.39, 0.29) is 10.7 Å². The Hall–Kier alpha value is -2.05. The molecule has 0 fully saturated rings. The standard InChI is InChI=1S/C18H20ClNO4S/c1-12(2)11-24-18-9-6-15(10-17(18)19)20-25(22,23)16-7-4-14(5-8-16)13(3)21/h4-10,12,20H,11H2,1-3H3. The van der Waals surface area contributed by atoms with E-state index in [9.17, 15) is 13.2 Å². The molecule has 0 spiro atoms. The fourth-order valence-electron chi connectivity index (χ4n) is 2.02. The van der Waals surface area contributed by atoms with Crippen LogP contribution in [0.25, 0.3) is 0 Å². The van der Waals surface area contributed by atoms with Gasteiger partial charge in [0, 0.05) is 5.56 Å². The van der Waals surface area contributed by atoms with Gasteiger partial charge in [-0.3, -0.25) is 9.52 Å². The summed E-state index contributed by atoms with van der Waals surface area (Å²) in [4.78, 5) is 11.3. The van der Waals surface area contributed by atoms with Crippen LogP contribution in [0.4, 0.5) is 5.69 Å². The van der Waals surface area contributed by atoms with E-state index in [1.165, 1.54) is 37.3 Å². The highest BCUT2D eigenvalue weighted by atomic mass is 35.5. The van der Waals surface area contributed by atoms with Gasteiger partial charge in [0.1, 0.15) is 5.75 Å². The second kappa shape index (κ2) is 7.89. The van der Waals surface area contributed by atoms with Crippen molar-refractivity contribution in [1.29, 1.82) is 0 Å². The predicted molar refractivity (Wildman–Crippen MR) is 99.0 cm³/mol. The van der Waals surface area contributed by atoms with Gasteiger partial charge in [-0.15, -0.1) is 0 Å². The molecule has 0 bridgehead atoms. The molecule has 0 aromatic heterocycles. The maximum atomic E-state index is 12.4. The quantitative estimate of drug-likeness (QED) is 0.722. The van der Waals surface area contributed by atoms with Crippen molar-refractivity contribution in [2.24, 2.45) is 5.92 Å². The van der Waals surface area contributed by atoms with Gasteiger partial charge in [0.2, 0.25) is 0 Å². The maximum absolute atomic E-state index is 12.4. The molecule has 0 radical (unpaired) electrons. The number of hydrogen-bond acceptors (Lipinski definition) is 4. The number of anilines is 1. The van der Waals surface area contributed by atoms with Crippen molar-refractivity contribution in [3.05, 3.63) is 53.1 Å². The fraction of sp³-hybridized carbons (Fsp3) is 0.278. The second-order valence-electron chi connectivity index (χ2n) is 6.04. The number of Topliss-reactive ketones (excluding diaryl/α,β-unsaturated/α-hetero) is 1. The summed E-state index contributed by atoms with van der Waals surface area (Å²) in [7, 11) is -3.77. The third kappa shape index (κ3) is 5.21. The van der Waals surface area contributed by atoms with Gasteiger partial charge in [-0.05, 0) is 43.2 Å². The average molecular weight is 382 g/mol. The molecule has 7 heteroatoms. The smallest absolute Gasteiger partial charge is 0.261 e. The largest absolute Gasteiger partial charge is 0.492 e. The van der Waals surface area contributed by atoms with Gasteiger partial charge in [-0.25, -0.2) is 8.42 Å². The Labute approximate surface area is 153 Å². The third-order valence-corrected chi connectivity index (χ3v) is 5.02. The van der Waals surface area contributed by atoms with E-state index in [1.807, 2.05) is 13.8 Å². The van der Waals surface area contributed by atoms with E-state index >= 15 is 0 Å². The fourth-order valence-corrected chi connectivity index (χ4v) is 3.31. The van der Waals surface area contributed by atoms with Gasteiger partial charge in [0.25, 0.3) is 10.0 Å². The van der Waals surface area contributed by atoms with Crippen LogP contribution < -0.4 is 9.46 Å². The number of carbonyl (C=O) groups is 1. The van der Waals surface area contributed by atoms with Crippen LogP contribution in [0.5, 0.6) is 5.75 Å². The summed E-state index contributed by atoms with van der Waals surface area (Å²) in [6.07, 6.45) is 0. The van der Waals surface area contributed by atoms with Crippen LogP contribution in [-0.4, -0.2) is 20.8 Å². The van der Waals surface area contributed by atoms with Crippen LogP contribution in [0.2, 0.25) is 5.02 Å². The number of benzene rings is 2. The molecule has 2 rings (SSSR count). The number of sulfonamides is 1. The number of carbonyl (C=O) groups excluding carboxylic acids is 1. The number of nitrogens with one attached hydrogen (secondary N) is 1. The van der Waals surface area contributed by atoms with Gasteiger partial charge >= 0.3 is 0 Å². The molecule has 0 atom stereocenters. The van der Waals surface area contributed by atoms with E-state index in [2.05, 4.69) is 4.72 Å². The predicted octanol–water partition coefficient (Wildman–Crippen LogP) is 4.38. The summed E-state index contributed by atoms with van der Waals surface area (Å²) in [5.41, 5.74) is 0.784. The second-order valence-corrected chi connectivity index (χ2v) is 8.13. The zero-order valence-corrected chi connectivity index (χ0v) is 15.8. The molecular formula is C18H20ClNO4S. The molecule has 2 aromatic carbocycles. The zero-order valence-electron chi connectivity index (χ0n) is 14.2. The van der Waals surface area contributed by atoms with Crippen LogP contribution in [0.1, 0.15) is 31.1 Å². The van der Waals surface area contributed by atoms with Crippen molar-refractivity contribution in [2.45, 2.75) is 25.7 Å². The summed E-state index contributed by atoms with van der Waals surface area (Å²) in [5.74, 6) is 0.733. The van der Waals surface area contributed by atoms with Crippen molar-refractivity contribution in [3.63, 3.8) is 0 Å². The number of ketones is 1. The van der Waals surface area contributed by atoms with Crippen molar-refractivity contribution >= 4 is 33.1 Å². The number of hydrogen-bond donors (Lipinski definition) is 1. The summed E-state index contributed by atoms with van der Waals surface area (Å²) in [6, 6.07) is 10.4. The van der Waals surface area contributed by atoms with Crippen LogP contribution in [-0.2, 0) is 10.0 Å². The Morgan fingerprint density at radius 3 is 2.32 bits per heavy atom. The molecule has 25 heavy (non-hydrogen) atoms. The molecule has 0 aliphatic heterocycles. The molecule has 0 unspecified atom stereocenters. The number of halogens is 1. The van der Waals surface area contributed by atoms with E-state index in [0.717, 1.165) is 0 Å². The first kappa shape index (κ1) is 19.3. The topological polar surface area (TPSA) is 72.5 Å². The first-order valence-electron chi connectivity index (χ1n) is 7.75. The Morgan fingerprint density at radius 2 is 1.80 bits per heavy atom. The SMILES string of the molecule is CC(=O)c1ccc(S(=O)(=O)Nc2ccc(OCC(C)C)c(Cl)c2)cc1. The lowest BCUT2D eigenvalue weighted by Crippen LogP contribution is -2.13. The van der Waals surface area contributed by atoms with Crippen molar-refractivity contribution in [3.8, 4) is 5.75 Å². The van der Waals surface area contributed by atoms with Gasteiger partial charge < -0.3 is 4.74 Å². The average Bonchev–Trinajstić information content (AvgIpc) is 2.53. The normalized spacial score (nSPS) is 11.4. The van der Waals surface area contributed by atoms with Crippen molar-refractivity contribution in [2.75, 3.05) is 11.3 Å². The van der Waals surface area contributed by atoms with Gasteiger partial charge in [0.15, 0.2) is 5.78 Å². The van der Waals surface area contributed by atoms with E-state index in [4.69, 9.17) is 16.3 Å². The molecule has 134 valence electrons. The molecule has 2 aromatic rings. The van der Waals surface area contributed by atoms with Crippen LogP contribution >= 0.6 is 11.6 Å². The summed E-state index contributed by atoms with van der Waals surface area (Å²) in [5, 5.41) is 0.327. The monoisotopic (exact) mass is 381 g/mol. The lowest BCUT2D eigenvalue weighted by atomic mass is 10.2. The number of ether oxygens (including phenoxy) is 1. The summed E-state index contributed by atoms with van der Waals surface area (Å²) >= 11 is 6.15. The van der Waals surface area contributed by atoms with Gasteiger partial charge in [-0.2, -0.15) is 0 Å². The molecule has 0 aliphatic carbocycles.